The topological polar surface area (TPSA) is 23.8 Å². The highest BCUT2D eigenvalue weighted by atomic mass is 35.5. The molecule has 0 fully saturated rings. The van der Waals surface area contributed by atoms with Gasteiger partial charge in [-0.2, -0.15) is 5.26 Å². The fraction of sp³-hybridized carbons (Fsp3) is 0.0714. The molecule has 0 N–H and O–H groups in total. The molecule has 0 heterocycles. The van der Waals surface area contributed by atoms with Crippen LogP contribution in [-0.4, -0.2) is 0 Å². The molecule has 0 aliphatic carbocycles. The lowest BCUT2D eigenvalue weighted by Crippen LogP contribution is -1.78. The predicted octanol–water partition coefficient (Wildman–Crippen LogP) is 4.67. The van der Waals surface area contributed by atoms with Crippen molar-refractivity contribution < 1.29 is 0 Å². The Labute approximate surface area is 110 Å². The zero-order valence-electron chi connectivity index (χ0n) is 9.27. The lowest BCUT2D eigenvalue weighted by molar-refractivity contribution is 1.35. The second-order valence-corrected chi connectivity index (χ2v) is 5.20. The van der Waals surface area contributed by atoms with E-state index in [1.54, 1.807) is 11.8 Å². The Morgan fingerprint density at radius 2 is 1.71 bits per heavy atom. The highest BCUT2D eigenvalue weighted by molar-refractivity contribution is 7.99. The molecule has 2 aromatic carbocycles. The molecule has 84 valence electrons. The van der Waals surface area contributed by atoms with Gasteiger partial charge in [-0.15, -0.1) is 0 Å². The summed E-state index contributed by atoms with van der Waals surface area (Å²) in [4.78, 5) is 2.20. The van der Waals surface area contributed by atoms with E-state index in [1.807, 2.05) is 49.4 Å². The van der Waals surface area contributed by atoms with Gasteiger partial charge >= 0.3 is 0 Å². The number of aryl methyl sites for hydroxylation is 1. The molecule has 2 rings (SSSR count). The molecule has 1 nitrogen and oxygen atoms in total. The van der Waals surface area contributed by atoms with Crippen molar-refractivity contribution in [1.29, 1.82) is 5.26 Å². The van der Waals surface area contributed by atoms with E-state index in [-0.39, 0.29) is 0 Å². The van der Waals surface area contributed by atoms with Crippen LogP contribution >= 0.6 is 23.4 Å². The number of hydrogen-bond donors (Lipinski definition) is 0. The van der Waals surface area contributed by atoms with Gasteiger partial charge in [0.05, 0.1) is 11.6 Å². The van der Waals surface area contributed by atoms with Crippen molar-refractivity contribution in [2.24, 2.45) is 0 Å². The molecule has 0 saturated carbocycles. The number of nitriles is 1. The molecule has 0 aliphatic heterocycles. The van der Waals surface area contributed by atoms with E-state index in [1.165, 1.54) is 0 Å². The van der Waals surface area contributed by atoms with Crippen molar-refractivity contribution in [2.75, 3.05) is 0 Å². The van der Waals surface area contributed by atoms with E-state index >= 15 is 0 Å². The highest BCUT2D eigenvalue weighted by Crippen LogP contribution is 2.30. The van der Waals surface area contributed by atoms with Gasteiger partial charge in [0, 0.05) is 14.8 Å². The van der Waals surface area contributed by atoms with Crippen molar-refractivity contribution in [3.05, 3.63) is 58.6 Å². The van der Waals surface area contributed by atoms with Crippen LogP contribution in [0.15, 0.2) is 52.3 Å². The fourth-order valence-electron chi connectivity index (χ4n) is 1.37. The number of hydrogen-bond acceptors (Lipinski definition) is 2. The molecule has 0 amide bonds. The first-order valence-electron chi connectivity index (χ1n) is 5.13. The lowest BCUT2D eigenvalue weighted by Gasteiger charge is -2.04. The minimum Gasteiger partial charge on any atom is -0.192 e. The number of rotatable bonds is 2. The van der Waals surface area contributed by atoms with E-state index in [2.05, 4.69) is 6.07 Å². The standard InChI is InChI=1S/C14H10ClNS/c1-10-2-5-13(8-14(10)15)17-12-6-3-11(9-16)4-7-12/h2-8H,1H3. The molecule has 0 unspecified atom stereocenters. The average molecular weight is 260 g/mol. The van der Waals surface area contributed by atoms with E-state index in [9.17, 15) is 0 Å². The summed E-state index contributed by atoms with van der Waals surface area (Å²) >= 11 is 7.71. The summed E-state index contributed by atoms with van der Waals surface area (Å²) in [6.45, 7) is 1.98. The largest absolute Gasteiger partial charge is 0.192 e. The summed E-state index contributed by atoms with van der Waals surface area (Å²) in [7, 11) is 0. The van der Waals surface area contributed by atoms with Crippen LogP contribution in [0.2, 0.25) is 5.02 Å². The Morgan fingerprint density at radius 1 is 1.06 bits per heavy atom. The summed E-state index contributed by atoms with van der Waals surface area (Å²) in [5, 5.41) is 9.49. The third-order valence-electron chi connectivity index (χ3n) is 2.36. The maximum atomic E-state index is 8.71. The predicted molar refractivity (Wildman–Crippen MR) is 71.5 cm³/mol. The molecular formula is C14H10ClNS. The molecule has 0 aromatic heterocycles. The van der Waals surface area contributed by atoms with Crippen molar-refractivity contribution in [3.8, 4) is 6.07 Å². The van der Waals surface area contributed by atoms with Gasteiger partial charge in [-0.3, -0.25) is 0 Å². The first kappa shape index (κ1) is 12.0. The Morgan fingerprint density at radius 3 is 2.29 bits per heavy atom. The summed E-state index contributed by atoms with van der Waals surface area (Å²) in [5.74, 6) is 0. The molecule has 0 radical (unpaired) electrons. The van der Waals surface area contributed by atoms with Gasteiger partial charge in [0.15, 0.2) is 0 Å². The second kappa shape index (κ2) is 5.27. The third kappa shape index (κ3) is 3.03. The Kier molecular flexibility index (Phi) is 3.73. The molecule has 0 bridgehead atoms. The maximum Gasteiger partial charge on any atom is 0.0991 e. The van der Waals surface area contributed by atoms with E-state index < -0.39 is 0 Å². The average Bonchev–Trinajstić information content (AvgIpc) is 2.35. The van der Waals surface area contributed by atoms with Crippen LogP contribution in [0, 0.1) is 18.3 Å². The van der Waals surface area contributed by atoms with Crippen LogP contribution in [0.3, 0.4) is 0 Å². The van der Waals surface area contributed by atoms with E-state index in [0.717, 1.165) is 20.4 Å². The molecule has 17 heavy (non-hydrogen) atoms. The number of halogens is 1. The second-order valence-electron chi connectivity index (χ2n) is 3.65. The normalized spacial score (nSPS) is 9.94. The molecule has 2 aromatic rings. The van der Waals surface area contributed by atoms with E-state index in [4.69, 9.17) is 16.9 Å². The molecule has 0 aliphatic rings. The first-order chi connectivity index (χ1) is 8.19. The van der Waals surface area contributed by atoms with Crippen LogP contribution in [0.1, 0.15) is 11.1 Å². The first-order valence-corrected chi connectivity index (χ1v) is 6.32. The Hall–Kier alpha value is -1.43. The Bertz CT molecular complexity index is 570. The Balaban J connectivity index is 2.20. The van der Waals surface area contributed by atoms with Crippen molar-refractivity contribution in [1.82, 2.24) is 0 Å². The SMILES string of the molecule is Cc1ccc(Sc2ccc(C#N)cc2)cc1Cl. The third-order valence-corrected chi connectivity index (χ3v) is 3.77. The fourth-order valence-corrected chi connectivity index (χ4v) is 2.47. The maximum absolute atomic E-state index is 8.71. The minimum absolute atomic E-state index is 0.677. The van der Waals surface area contributed by atoms with Gasteiger partial charge in [-0.1, -0.05) is 29.4 Å². The van der Waals surface area contributed by atoms with Crippen LogP contribution in [0.4, 0.5) is 0 Å². The summed E-state index contributed by atoms with van der Waals surface area (Å²) in [5.41, 5.74) is 1.76. The monoisotopic (exact) mass is 259 g/mol. The van der Waals surface area contributed by atoms with Crippen LogP contribution < -0.4 is 0 Å². The van der Waals surface area contributed by atoms with Gasteiger partial charge in [0.2, 0.25) is 0 Å². The molecule has 0 spiro atoms. The molecule has 0 atom stereocenters. The number of nitrogens with zero attached hydrogens (tertiary/aromatic N) is 1. The van der Waals surface area contributed by atoms with Crippen LogP contribution in [-0.2, 0) is 0 Å². The van der Waals surface area contributed by atoms with Crippen molar-refractivity contribution in [2.45, 2.75) is 16.7 Å². The number of benzene rings is 2. The molecular weight excluding hydrogens is 250 g/mol. The van der Waals surface area contributed by atoms with Crippen LogP contribution in [0.25, 0.3) is 0 Å². The minimum atomic E-state index is 0.677. The summed E-state index contributed by atoms with van der Waals surface area (Å²) < 4.78 is 0. The van der Waals surface area contributed by atoms with Gasteiger partial charge in [0.25, 0.3) is 0 Å². The zero-order chi connectivity index (χ0) is 12.3. The van der Waals surface area contributed by atoms with Gasteiger partial charge < -0.3 is 0 Å². The summed E-state index contributed by atoms with van der Waals surface area (Å²) in [6.07, 6.45) is 0. The molecule has 0 saturated heterocycles. The zero-order valence-corrected chi connectivity index (χ0v) is 10.8. The smallest absolute Gasteiger partial charge is 0.0991 e. The summed E-state index contributed by atoms with van der Waals surface area (Å²) in [6, 6.07) is 15.6. The van der Waals surface area contributed by atoms with Crippen LogP contribution in [0.5, 0.6) is 0 Å². The molecule has 3 heteroatoms. The van der Waals surface area contributed by atoms with Gasteiger partial charge in [-0.25, -0.2) is 0 Å². The lowest BCUT2D eigenvalue weighted by atomic mass is 10.2. The van der Waals surface area contributed by atoms with Crippen molar-refractivity contribution >= 4 is 23.4 Å². The van der Waals surface area contributed by atoms with Crippen molar-refractivity contribution in [3.63, 3.8) is 0 Å². The van der Waals surface area contributed by atoms with Gasteiger partial charge in [0.1, 0.15) is 0 Å². The highest BCUT2D eigenvalue weighted by Gasteiger charge is 2.00. The quantitative estimate of drug-likeness (QED) is 0.782. The van der Waals surface area contributed by atoms with E-state index in [0.29, 0.717) is 5.56 Å². The van der Waals surface area contributed by atoms with Gasteiger partial charge in [-0.05, 0) is 48.9 Å².